The molecule has 0 fully saturated rings. The van der Waals surface area contributed by atoms with Crippen molar-refractivity contribution in [2.75, 3.05) is 5.32 Å². The van der Waals surface area contributed by atoms with Crippen LogP contribution in [0.2, 0.25) is 0 Å². The number of rotatable bonds is 2. The van der Waals surface area contributed by atoms with E-state index in [0.717, 1.165) is 0 Å². The first-order valence-corrected chi connectivity index (χ1v) is 7.91. The molecule has 1 rings (SSSR count). The third-order valence-electron chi connectivity index (χ3n) is 2.50. The van der Waals surface area contributed by atoms with E-state index < -0.39 is 15.4 Å². The van der Waals surface area contributed by atoms with Crippen LogP contribution in [0.25, 0.3) is 0 Å². The highest BCUT2D eigenvalue weighted by Gasteiger charge is 2.23. The Bertz CT molecular complexity index is 619. The number of amides is 1. The second kappa shape index (κ2) is 5.22. The summed E-state index contributed by atoms with van der Waals surface area (Å²) in [5.41, 5.74) is 0.464. The SMILES string of the molecule is Cc1cc(NC(=O)C(C)(C)C)c(Br)cc1S(N)(=O)=O. The molecule has 1 amide bonds. The average molecular weight is 349 g/mol. The van der Waals surface area contributed by atoms with Crippen LogP contribution in [0.15, 0.2) is 21.5 Å². The molecular weight excluding hydrogens is 332 g/mol. The number of nitrogens with one attached hydrogen (secondary N) is 1. The highest BCUT2D eigenvalue weighted by atomic mass is 79.9. The topological polar surface area (TPSA) is 89.3 Å². The Kier molecular flexibility index (Phi) is 4.44. The fraction of sp³-hybridized carbons (Fsp3) is 0.417. The van der Waals surface area contributed by atoms with Crippen LogP contribution in [0.4, 0.5) is 5.69 Å². The van der Waals surface area contributed by atoms with Gasteiger partial charge in [-0.3, -0.25) is 4.79 Å². The fourth-order valence-corrected chi connectivity index (χ4v) is 2.76. The maximum Gasteiger partial charge on any atom is 0.238 e. The standard InChI is InChI=1S/C12H17BrN2O3S/c1-7-5-9(15-11(16)12(2,3)4)8(13)6-10(7)19(14,17)18/h5-6H,1-4H3,(H,15,16)(H2,14,17,18). The molecule has 1 aromatic rings. The molecular formula is C12H17BrN2O3S. The number of halogens is 1. The van der Waals surface area contributed by atoms with Crippen LogP contribution in [0, 0.1) is 12.3 Å². The summed E-state index contributed by atoms with van der Waals surface area (Å²) >= 11 is 3.23. The van der Waals surface area contributed by atoms with E-state index in [1.165, 1.54) is 6.07 Å². The molecule has 7 heteroatoms. The van der Waals surface area contributed by atoms with Crippen molar-refractivity contribution in [3.63, 3.8) is 0 Å². The van der Waals surface area contributed by atoms with Crippen LogP contribution < -0.4 is 10.5 Å². The summed E-state index contributed by atoms with van der Waals surface area (Å²) in [7, 11) is -3.77. The molecule has 0 bridgehead atoms. The number of hydrogen-bond acceptors (Lipinski definition) is 3. The summed E-state index contributed by atoms with van der Waals surface area (Å²) in [5, 5.41) is 7.86. The Morgan fingerprint density at radius 3 is 2.26 bits per heavy atom. The van der Waals surface area contributed by atoms with Crippen LogP contribution in [0.3, 0.4) is 0 Å². The first-order chi connectivity index (χ1) is 8.43. The second-order valence-electron chi connectivity index (χ2n) is 5.35. The van der Waals surface area contributed by atoms with Gasteiger partial charge in [0.1, 0.15) is 0 Å². The van der Waals surface area contributed by atoms with Crippen LogP contribution in [0.5, 0.6) is 0 Å². The molecule has 106 valence electrons. The van der Waals surface area contributed by atoms with Crippen molar-refractivity contribution in [3.8, 4) is 0 Å². The van der Waals surface area contributed by atoms with E-state index in [1.54, 1.807) is 33.8 Å². The maximum atomic E-state index is 11.9. The summed E-state index contributed by atoms with van der Waals surface area (Å²) < 4.78 is 23.2. The number of primary sulfonamides is 1. The minimum atomic E-state index is -3.77. The van der Waals surface area contributed by atoms with Crippen molar-refractivity contribution in [2.24, 2.45) is 10.6 Å². The number of anilines is 1. The van der Waals surface area contributed by atoms with E-state index >= 15 is 0 Å². The molecule has 1 aromatic carbocycles. The van der Waals surface area contributed by atoms with Gasteiger partial charge in [-0.25, -0.2) is 13.6 Å². The summed E-state index contributed by atoms with van der Waals surface area (Å²) in [6.45, 7) is 7.00. The lowest BCUT2D eigenvalue weighted by molar-refractivity contribution is -0.123. The minimum absolute atomic E-state index is 0.0353. The summed E-state index contributed by atoms with van der Waals surface area (Å²) in [4.78, 5) is 11.9. The van der Waals surface area contributed by atoms with Gasteiger partial charge in [0.2, 0.25) is 15.9 Å². The van der Waals surface area contributed by atoms with Gasteiger partial charge in [-0.1, -0.05) is 20.8 Å². The minimum Gasteiger partial charge on any atom is -0.325 e. The molecule has 0 spiro atoms. The molecule has 0 saturated carbocycles. The van der Waals surface area contributed by atoms with Gasteiger partial charge in [0.05, 0.1) is 10.6 Å². The van der Waals surface area contributed by atoms with E-state index in [4.69, 9.17) is 5.14 Å². The largest absolute Gasteiger partial charge is 0.325 e. The smallest absolute Gasteiger partial charge is 0.238 e. The monoisotopic (exact) mass is 348 g/mol. The van der Waals surface area contributed by atoms with Crippen LogP contribution in [-0.4, -0.2) is 14.3 Å². The Morgan fingerprint density at radius 1 is 1.32 bits per heavy atom. The molecule has 0 aliphatic rings. The first kappa shape index (κ1) is 16.1. The van der Waals surface area contributed by atoms with Crippen molar-refractivity contribution in [1.82, 2.24) is 0 Å². The van der Waals surface area contributed by atoms with Gasteiger partial charge in [0.15, 0.2) is 0 Å². The molecule has 0 heterocycles. The predicted molar refractivity (Wildman–Crippen MR) is 78.3 cm³/mol. The van der Waals surface area contributed by atoms with Gasteiger partial charge < -0.3 is 5.32 Å². The summed E-state index contributed by atoms with van der Waals surface area (Å²) in [6, 6.07) is 2.97. The third-order valence-corrected chi connectivity index (χ3v) is 4.21. The van der Waals surface area contributed by atoms with Crippen molar-refractivity contribution in [1.29, 1.82) is 0 Å². The molecule has 0 aliphatic carbocycles. The Labute approximate surface area is 121 Å². The number of benzene rings is 1. The van der Waals surface area contributed by atoms with Crippen molar-refractivity contribution < 1.29 is 13.2 Å². The first-order valence-electron chi connectivity index (χ1n) is 5.57. The van der Waals surface area contributed by atoms with E-state index in [2.05, 4.69) is 21.2 Å². The number of aryl methyl sites for hydroxylation is 1. The number of carbonyl (C=O) groups is 1. The van der Waals surface area contributed by atoms with Gasteiger partial charge in [-0.2, -0.15) is 0 Å². The van der Waals surface area contributed by atoms with Crippen molar-refractivity contribution in [2.45, 2.75) is 32.6 Å². The van der Waals surface area contributed by atoms with Crippen molar-refractivity contribution >= 4 is 37.5 Å². The van der Waals surface area contributed by atoms with E-state index in [0.29, 0.717) is 15.7 Å². The quantitative estimate of drug-likeness (QED) is 0.859. The molecule has 0 aliphatic heterocycles. The van der Waals surface area contributed by atoms with Gasteiger partial charge in [-0.15, -0.1) is 0 Å². The number of hydrogen-bond donors (Lipinski definition) is 2. The Balaban J connectivity index is 3.21. The summed E-state index contributed by atoms with van der Waals surface area (Å²) in [6.07, 6.45) is 0. The lowest BCUT2D eigenvalue weighted by atomic mass is 9.95. The van der Waals surface area contributed by atoms with E-state index in [1.807, 2.05) is 0 Å². The molecule has 0 aromatic heterocycles. The van der Waals surface area contributed by atoms with Gasteiger partial charge >= 0.3 is 0 Å². The fourth-order valence-electron chi connectivity index (χ4n) is 1.38. The third kappa shape index (κ3) is 4.02. The normalized spacial score (nSPS) is 12.3. The Morgan fingerprint density at radius 2 is 1.84 bits per heavy atom. The number of sulfonamides is 1. The summed E-state index contributed by atoms with van der Waals surface area (Å²) in [5.74, 6) is -0.157. The molecule has 0 atom stereocenters. The maximum absolute atomic E-state index is 11.9. The van der Waals surface area contributed by atoms with E-state index in [9.17, 15) is 13.2 Å². The number of carbonyl (C=O) groups excluding carboxylic acids is 1. The highest BCUT2D eigenvalue weighted by Crippen LogP contribution is 2.29. The lowest BCUT2D eigenvalue weighted by Gasteiger charge is -2.19. The molecule has 0 unspecified atom stereocenters. The predicted octanol–water partition coefficient (Wildman–Crippen LogP) is 2.39. The molecule has 0 radical (unpaired) electrons. The van der Waals surface area contributed by atoms with Gasteiger partial charge in [0, 0.05) is 9.89 Å². The Hall–Kier alpha value is -0.920. The van der Waals surface area contributed by atoms with Gasteiger partial charge in [0.25, 0.3) is 0 Å². The van der Waals surface area contributed by atoms with Crippen LogP contribution in [0.1, 0.15) is 26.3 Å². The zero-order valence-electron chi connectivity index (χ0n) is 11.2. The molecule has 3 N–H and O–H groups in total. The van der Waals surface area contributed by atoms with Crippen LogP contribution >= 0.6 is 15.9 Å². The second-order valence-corrected chi connectivity index (χ2v) is 7.73. The zero-order chi connectivity index (χ0) is 15.0. The van der Waals surface area contributed by atoms with Crippen LogP contribution in [-0.2, 0) is 14.8 Å². The number of nitrogens with two attached hydrogens (primary N) is 1. The lowest BCUT2D eigenvalue weighted by Crippen LogP contribution is -2.28. The molecule has 0 saturated heterocycles. The van der Waals surface area contributed by atoms with E-state index in [-0.39, 0.29) is 10.8 Å². The molecule has 19 heavy (non-hydrogen) atoms. The van der Waals surface area contributed by atoms with Gasteiger partial charge in [-0.05, 0) is 40.5 Å². The highest BCUT2D eigenvalue weighted by molar-refractivity contribution is 9.10. The van der Waals surface area contributed by atoms with Crippen molar-refractivity contribution in [3.05, 3.63) is 22.2 Å². The molecule has 5 nitrogen and oxygen atoms in total. The zero-order valence-corrected chi connectivity index (χ0v) is 13.6. The average Bonchev–Trinajstić information content (AvgIpc) is 2.19.